The zero-order chi connectivity index (χ0) is 13.9. The average molecular weight is 265 g/mol. The van der Waals surface area contributed by atoms with Crippen LogP contribution in [0.3, 0.4) is 0 Å². The van der Waals surface area contributed by atoms with Gasteiger partial charge in [-0.25, -0.2) is 4.79 Å². The Labute approximate surface area is 108 Å². The van der Waals surface area contributed by atoms with Gasteiger partial charge in [-0.15, -0.1) is 0 Å². The number of hydrogen-bond acceptors (Lipinski definition) is 5. The molecule has 0 aliphatic rings. The van der Waals surface area contributed by atoms with Gasteiger partial charge in [0.15, 0.2) is 0 Å². The maximum atomic E-state index is 11.8. The Morgan fingerprint density at radius 2 is 1.65 bits per heavy atom. The fraction of sp³-hybridized carbons (Fsp3) is 0.909. The van der Waals surface area contributed by atoms with Crippen LogP contribution in [0.4, 0.5) is 4.79 Å². The molecule has 0 saturated heterocycles. The number of rotatable bonds is 3. The van der Waals surface area contributed by atoms with Crippen molar-refractivity contribution in [2.45, 2.75) is 59.2 Å². The Kier molecular flexibility index (Phi) is 5.77. The molecule has 0 spiro atoms. The van der Waals surface area contributed by atoms with E-state index in [-0.39, 0.29) is 0 Å². The third-order valence-electron chi connectivity index (χ3n) is 1.43. The van der Waals surface area contributed by atoms with Crippen LogP contribution in [0.2, 0.25) is 0 Å². The van der Waals surface area contributed by atoms with Gasteiger partial charge in [-0.1, -0.05) is 0 Å². The molecule has 0 aromatic carbocycles. The molecule has 0 aromatic heterocycles. The van der Waals surface area contributed by atoms with Crippen molar-refractivity contribution in [1.29, 1.82) is 0 Å². The Morgan fingerprint density at radius 3 is 1.94 bits per heavy atom. The monoisotopic (exact) mass is 265 g/mol. The lowest BCUT2D eigenvalue weighted by Crippen LogP contribution is -2.43. The summed E-state index contributed by atoms with van der Waals surface area (Å²) < 4.78 is 11.5. The lowest BCUT2D eigenvalue weighted by Gasteiger charge is -2.32. The number of ether oxygens (including phenoxy) is 2. The van der Waals surface area contributed by atoms with E-state index < -0.39 is 23.7 Å². The van der Waals surface area contributed by atoms with Gasteiger partial charge in [0.2, 0.25) is 0 Å². The van der Waals surface area contributed by atoms with Crippen LogP contribution < -0.4 is 0 Å². The lowest BCUT2D eigenvalue weighted by molar-refractivity contribution is -0.206. The van der Waals surface area contributed by atoms with Crippen molar-refractivity contribution in [2.75, 3.05) is 6.26 Å². The molecule has 102 valence electrons. The highest BCUT2D eigenvalue weighted by molar-refractivity contribution is 7.96. The van der Waals surface area contributed by atoms with E-state index in [1.165, 1.54) is 0 Å². The van der Waals surface area contributed by atoms with E-state index in [0.717, 1.165) is 16.3 Å². The maximum Gasteiger partial charge on any atom is 0.424 e. The van der Waals surface area contributed by atoms with Gasteiger partial charge in [0.25, 0.3) is 6.41 Å². The fourth-order valence-electron chi connectivity index (χ4n) is 0.926. The van der Waals surface area contributed by atoms with Crippen molar-refractivity contribution in [1.82, 2.24) is 4.31 Å². The minimum atomic E-state index is -1.33. The van der Waals surface area contributed by atoms with Crippen molar-refractivity contribution in [2.24, 2.45) is 0 Å². The highest BCUT2D eigenvalue weighted by Crippen LogP contribution is 2.20. The zero-order valence-electron chi connectivity index (χ0n) is 11.6. The quantitative estimate of drug-likeness (QED) is 0.628. The van der Waals surface area contributed by atoms with Crippen LogP contribution >= 0.6 is 11.9 Å². The van der Waals surface area contributed by atoms with Crippen LogP contribution in [0.1, 0.15) is 41.5 Å². The van der Waals surface area contributed by atoms with Gasteiger partial charge in [0, 0.05) is 6.26 Å². The molecule has 0 saturated carbocycles. The predicted molar refractivity (Wildman–Crippen MR) is 68.4 cm³/mol. The first-order valence-electron chi connectivity index (χ1n) is 5.38. The van der Waals surface area contributed by atoms with Gasteiger partial charge in [-0.05, 0) is 53.5 Å². The highest BCUT2D eigenvalue weighted by atomic mass is 32.2. The Balaban J connectivity index is 4.56. The summed E-state index contributed by atoms with van der Waals surface area (Å²) >= 11 is 1.05. The van der Waals surface area contributed by atoms with E-state index in [9.17, 15) is 9.90 Å². The van der Waals surface area contributed by atoms with Gasteiger partial charge in [-0.2, -0.15) is 4.31 Å². The molecule has 0 radical (unpaired) electrons. The molecule has 0 aliphatic carbocycles. The molecule has 1 unspecified atom stereocenters. The summed E-state index contributed by atoms with van der Waals surface area (Å²) in [5.74, 6) is 0. The highest BCUT2D eigenvalue weighted by Gasteiger charge is 2.30. The number of hydrogen-bond donors (Lipinski definition) is 1. The summed E-state index contributed by atoms with van der Waals surface area (Å²) in [7, 11) is 0. The third kappa shape index (κ3) is 7.46. The molecule has 0 fully saturated rings. The van der Waals surface area contributed by atoms with Gasteiger partial charge in [-0.3, -0.25) is 0 Å². The first-order valence-corrected chi connectivity index (χ1v) is 6.56. The second-order valence-electron chi connectivity index (χ2n) is 5.55. The topological polar surface area (TPSA) is 59.0 Å². The smallest absolute Gasteiger partial charge is 0.424 e. The van der Waals surface area contributed by atoms with Crippen LogP contribution in [-0.4, -0.2) is 39.4 Å². The van der Waals surface area contributed by atoms with E-state index in [0.29, 0.717) is 0 Å². The minimum Gasteiger partial charge on any atom is -0.443 e. The van der Waals surface area contributed by atoms with E-state index in [1.54, 1.807) is 47.8 Å². The van der Waals surface area contributed by atoms with Gasteiger partial charge in [0.1, 0.15) is 5.60 Å². The van der Waals surface area contributed by atoms with Crippen molar-refractivity contribution >= 4 is 18.0 Å². The number of aliphatic hydroxyl groups is 1. The second kappa shape index (κ2) is 5.93. The Morgan fingerprint density at radius 1 is 1.18 bits per heavy atom. The van der Waals surface area contributed by atoms with Crippen molar-refractivity contribution < 1.29 is 19.4 Å². The molecule has 17 heavy (non-hydrogen) atoms. The van der Waals surface area contributed by atoms with Crippen LogP contribution in [-0.2, 0) is 9.47 Å². The van der Waals surface area contributed by atoms with Gasteiger partial charge < -0.3 is 14.6 Å². The number of nitrogens with zero attached hydrogens (tertiary/aromatic N) is 1. The number of carbonyl (C=O) groups excluding carboxylic acids is 1. The van der Waals surface area contributed by atoms with E-state index >= 15 is 0 Å². The molecule has 0 heterocycles. The number of amides is 1. The molecule has 1 N–H and O–H groups in total. The molecule has 0 rings (SSSR count). The van der Waals surface area contributed by atoms with Crippen molar-refractivity contribution in [3.05, 3.63) is 0 Å². The van der Waals surface area contributed by atoms with Crippen molar-refractivity contribution in [3.8, 4) is 0 Å². The summed E-state index contributed by atoms with van der Waals surface area (Å²) in [6.07, 6.45) is -0.291. The molecule has 0 bridgehead atoms. The van der Waals surface area contributed by atoms with E-state index in [1.807, 2.05) is 0 Å². The summed E-state index contributed by atoms with van der Waals surface area (Å²) in [5, 5.41) is 9.79. The summed E-state index contributed by atoms with van der Waals surface area (Å²) in [6.45, 7) is 10.7. The molecule has 0 aliphatic heterocycles. The minimum absolute atomic E-state index is 0.546. The Hall–Kier alpha value is -0.460. The van der Waals surface area contributed by atoms with Crippen LogP contribution in [0.25, 0.3) is 0 Å². The van der Waals surface area contributed by atoms with Crippen LogP contribution in [0.5, 0.6) is 0 Å². The molecular formula is C11H23NO4S. The van der Waals surface area contributed by atoms with Crippen molar-refractivity contribution in [3.63, 3.8) is 0 Å². The van der Waals surface area contributed by atoms with Crippen LogP contribution in [0.15, 0.2) is 0 Å². The maximum absolute atomic E-state index is 11.8. The molecule has 1 amide bonds. The summed E-state index contributed by atoms with van der Waals surface area (Å²) in [6, 6.07) is 0. The number of aliphatic hydroxyl groups excluding tert-OH is 1. The first-order chi connectivity index (χ1) is 7.46. The molecule has 6 heteroatoms. The second-order valence-corrected chi connectivity index (χ2v) is 6.30. The SMILES string of the molecule is CSN(C(=O)OC(C)(C)C)C(O)OC(C)(C)C. The van der Waals surface area contributed by atoms with Gasteiger partial charge in [0.05, 0.1) is 5.60 Å². The normalized spacial score (nSPS) is 14.4. The Bertz CT molecular complexity index is 257. The zero-order valence-corrected chi connectivity index (χ0v) is 12.4. The fourth-order valence-corrected chi connectivity index (χ4v) is 1.34. The number of carbonyl (C=O) groups is 1. The largest absolute Gasteiger partial charge is 0.443 e. The average Bonchev–Trinajstić information content (AvgIpc) is 1.96. The molecular weight excluding hydrogens is 242 g/mol. The van der Waals surface area contributed by atoms with Gasteiger partial charge >= 0.3 is 6.09 Å². The summed E-state index contributed by atoms with van der Waals surface area (Å²) in [5.41, 5.74) is -1.15. The van der Waals surface area contributed by atoms with E-state index in [2.05, 4.69) is 0 Å². The predicted octanol–water partition coefficient (Wildman–Crippen LogP) is 2.59. The molecule has 5 nitrogen and oxygen atoms in total. The summed E-state index contributed by atoms with van der Waals surface area (Å²) in [4.78, 5) is 11.8. The molecule has 1 atom stereocenters. The van der Waals surface area contributed by atoms with Crippen LogP contribution in [0, 0.1) is 0 Å². The standard InChI is InChI=1S/C11H23NO4S/c1-10(2,3)15-8(13)12(17-7)9(14)16-11(4,5)6/h8,13H,1-7H3. The molecule has 0 aromatic rings. The third-order valence-corrected chi connectivity index (χ3v) is 2.15. The lowest BCUT2D eigenvalue weighted by atomic mass is 10.2. The first kappa shape index (κ1) is 16.5. The van der Waals surface area contributed by atoms with E-state index in [4.69, 9.17) is 9.47 Å².